The molecule has 1 atom stereocenters. The molecule has 198 valence electrons. The molecule has 0 aliphatic carbocycles. The summed E-state index contributed by atoms with van der Waals surface area (Å²) in [6.07, 6.45) is 2.44. The van der Waals surface area contributed by atoms with Crippen LogP contribution in [-0.2, 0) is 20.9 Å². The number of ether oxygens (including phenoxy) is 1. The first-order valence-electron chi connectivity index (χ1n) is 12.9. The second-order valence-electron chi connectivity index (χ2n) is 10.3. The minimum absolute atomic E-state index is 0.0344. The fourth-order valence-corrected chi connectivity index (χ4v) is 4.70. The monoisotopic (exact) mass is 514 g/mol. The van der Waals surface area contributed by atoms with Gasteiger partial charge < -0.3 is 15.4 Å². The van der Waals surface area contributed by atoms with Gasteiger partial charge in [-0.1, -0.05) is 68.3 Å². The van der Waals surface area contributed by atoms with Crippen LogP contribution in [0.15, 0.2) is 65.4 Å². The molecule has 3 aromatic rings. The molecule has 4 rings (SSSR count). The van der Waals surface area contributed by atoms with Gasteiger partial charge in [-0.2, -0.15) is 5.21 Å². The number of tetrazole rings is 1. The number of amides is 1. The molecule has 2 heterocycles. The van der Waals surface area contributed by atoms with Gasteiger partial charge in [-0.3, -0.25) is 4.79 Å². The Bertz CT molecular complexity index is 1350. The lowest BCUT2D eigenvalue weighted by molar-refractivity contribution is -0.137. The highest BCUT2D eigenvalue weighted by molar-refractivity contribution is 5.97. The Labute approximate surface area is 222 Å². The zero-order valence-electron chi connectivity index (χ0n) is 22.3. The number of unbranched alkanes of at least 4 members (excludes halogenated alkanes) is 1. The summed E-state index contributed by atoms with van der Waals surface area (Å²) in [4.78, 5) is 27.7. The molecular formula is C29H34N6O3. The second-order valence-corrected chi connectivity index (χ2v) is 10.3. The van der Waals surface area contributed by atoms with Crippen molar-refractivity contribution in [2.75, 3.05) is 6.54 Å². The molecule has 9 nitrogen and oxygen atoms in total. The number of aromatic nitrogens is 4. The molecule has 3 N–H and O–H groups in total. The third-order valence-corrected chi connectivity index (χ3v) is 6.45. The Kier molecular flexibility index (Phi) is 8.20. The molecule has 38 heavy (non-hydrogen) atoms. The van der Waals surface area contributed by atoms with Crippen molar-refractivity contribution in [3.05, 3.63) is 71.0 Å². The number of hydrogen-bond donors (Lipinski definition) is 2. The number of nitrogens with one attached hydrogen (secondary N) is 1. The number of nitrogens with two attached hydrogens (primary N) is 1. The van der Waals surface area contributed by atoms with Gasteiger partial charge in [-0.05, 0) is 49.1 Å². The van der Waals surface area contributed by atoms with Gasteiger partial charge in [0.1, 0.15) is 11.5 Å². The lowest BCUT2D eigenvalue weighted by Crippen LogP contribution is -2.48. The van der Waals surface area contributed by atoms with Gasteiger partial charge in [-0.25, -0.2) is 4.79 Å². The minimum Gasteiger partial charge on any atom is -0.482 e. The van der Waals surface area contributed by atoms with Crippen LogP contribution < -0.4 is 5.73 Å². The molecule has 0 radical (unpaired) electrons. The quantitative estimate of drug-likeness (QED) is 0.409. The van der Waals surface area contributed by atoms with E-state index in [9.17, 15) is 9.59 Å². The molecule has 2 aromatic carbocycles. The van der Waals surface area contributed by atoms with Crippen LogP contribution in [0.5, 0.6) is 0 Å². The Morgan fingerprint density at radius 2 is 1.82 bits per heavy atom. The number of rotatable bonds is 9. The number of benzene rings is 2. The van der Waals surface area contributed by atoms with Gasteiger partial charge in [0.25, 0.3) is 5.91 Å². The molecule has 1 aromatic heterocycles. The smallest absolute Gasteiger partial charge is 0.290 e. The van der Waals surface area contributed by atoms with Crippen molar-refractivity contribution >= 4 is 11.8 Å². The van der Waals surface area contributed by atoms with Gasteiger partial charge in [0, 0.05) is 24.2 Å². The lowest BCUT2D eigenvalue weighted by atomic mass is 9.88. The number of aromatic amines is 1. The summed E-state index contributed by atoms with van der Waals surface area (Å²) in [6, 6.07) is 15.4. The normalized spacial score (nSPS) is 16.1. The first-order valence-corrected chi connectivity index (χ1v) is 12.9. The van der Waals surface area contributed by atoms with Crippen molar-refractivity contribution in [1.29, 1.82) is 0 Å². The third-order valence-electron chi connectivity index (χ3n) is 6.45. The second kappa shape index (κ2) is 11.5. The summed E-state index contributed by atoms with van der Waals surface area (Å²) < 4.78 is 6.06. The number of carbonyl (C=O) groups excluding carboxylic acids is 2. The van der Waals surface area contributed by atoms with Gasteiger partial charge in [0.15, 0.2) is 5.76 Å². The van der Waals surface area contributed by atoms with E-state index < -0.39 is 11.6 Å². The van der Waals surface area contributed by atoms with E-state index in [0.717, 1.165) is 35.1 Å². The van der Waals surface area contributed by atoms with E-state index in [0.29, 0.717) is 29.9 Å². The fraction of sp³-hybridized carbons (Fsp3) is 0.379. The van der Waals surface area contributed by atoms with Crippen LogP contribution in [0.4, 0.5) is 0 Å². The van der Waals surface area contributed by atoms with Crippen LogP contribution in [-0.4, -0.2) is 55.6 Å². The van der Waals surface area contributed by atoms with Crippen molar-refractivity contribution in [2.45, 2.75) is 65.1 Å². The summed E-state index contributed by atoms with van der Waals surface area (Å²) in [5.41, 5.74) is 10.00. The molecule has 1 amide bonds. The molecule has 0 bridgehead atoms. The van der Waals surface area contributed by atoms with Crippen molar-refractivity contribution in [3.8, 4) is 22.5 Å². The maximum atomic E-state index is 13.8. The predicted molar refractivity (Wildman–Crippen MR) is 145 cm³/mol. The zero-order valence-corrected chi connectivity index (χ0v) is 22.3. The highest BCUT2D eigenvalue weighted by Gasteiger charge is 2.40. The number of nitrogens with zero attached hydrogens (tertiary/aromatic N) is 4. The summed E-state index contributed by atoms with van der Waals surface area (Å²) in [5, 5.41) is 14.4. The third kappa shape index (κ3) is 5.74. The van der Waals surface area contributed by atoms with Crippen LogP contribution in [0, 0.1) is 0 Å². The van der Waals surface area contributed by atoms with E-state index >= 15 is 0 Å². The molecule has 9 heteroatoms. The topological polar surface area (TPSA) is 127 Å². The average Bonchev–Trinajstić information content (AvgIpc) is 3.45. The first kappa shape index (κ1) is 27.0. The van der Waals surface area contributed by atoms with Crippen molar-refractivity contribution in [2.24, 2.45) is 5.73 Å². The summed E-state index contributed by atoms with van der Waals surface area (Å²) in [5.74, 6) is 2.50. The number of hydrogen-bond acceptors (Lipinski definition) is 7. The maximum absolute atomic E-state index is 13.8. The van der Waals surface area contributed by atoms with Gasteiger partial charge in [0.2, 0.25) is 5.82 Å². The first-order chi connectivity index (χ1) is 18.3. The van der Waals surface area contributed by atoms with Crippen LogP contribution in [0.2, 0.25) is 0 Å². The highest BCUT2D eigenvalue weighted by Crippen LogP contribution is 2.35. The molecule has 0 saturated carbocycles. The van der Waals surface area contributed by atoms with E-state index in [1.807, 2.05) is 69.3 Å². The minimum atomic E-state index is -0.630. The SMILES string of the molecule is CCCCC1C(=C=O)C(CN)=C(OC(C)(C)C)C(=O)N1Cc1ccc(-c2ccccc2-c2nn[nH]n2)cc1. The zero-order chi connectivity index (χ0) is 27.3. The van der Waals surface area contributed by atoms with E-state index in [1.54, 1.807) is 4.90 Å². The van der Waals surface area contributed by atoms with Gasteiger partial charge >= 0.3 is 0 Å². The molecule has 1 aliphatic rings. The Morgan fingerprint density at radius 3 is 2.39 bits per heavy atom. The molecular weight excluding hydrogens is 480 g/mol. The number of carbonyl (C=O) groups is 1. The van der Waals surface area contributed by atoms with E-state index in [2.05, 4.69) is 33.5 Å². The van der Waals surface area contributed by atoms with Gasteiger partial charge in [0.05, 0.1) is 11.6 Å². The summed E-state index contributed by atoms with van der Waals surface area (Å²) >= 11 is 0. The van der Waals surface area contributed by atoms with Crippen LogP contribution in [0.25, 0.3) is 22.5 Å². The van der Waals surface area contributed by atoms with Crippen molar-refractivity contribution in [1.82, 2.24) is 25.5 Å². The average molecular weight is 515 g/mol. The van der Waals surface area contributed by atoms with Gasteiger partial charge in [-0.15, -0.1) is 10.2 Å². The number of H-pyrrole nitrogens is 1. The predicted octanol–water partition coefficient (Wildman–Crippen LogP) is 4.22. The Balaban J connectivity index is 1.68. The Morgan fingerprint density at radius 1 is 1.11 bits per heavy atom. The summed E-state index contributed by atoms with van der Waals surface area (Å²) in [7, 11) is 0. The van der Waals surface area contributed by atoms with E-state index in [-0.39, 0.29) is 18.2 Å². The van der Waals surface area contributed by atoms with Crippen molar-refractivity contribution in [3.63, 3.8) is 0 Å². The van der Waals surface area contributed by atoms with Crippen LogP contribution in [0.3, 0.4) is 0 Å². The molecule has 0 saturated heterocycles. The largest absolute Gasteiger partial charge is 0.482 e. The standard InChI is InChI=1S/C29H34N6O3/c1-5-6-11-25-24(18-36)23(16-30)26(38-29(2,3)4)28(37)35(25)17-19-12-14-20(15-13-19)21-9-7-8-10-22(21)27-31-33-34-32-27/h7-10,12-15,25H,5-6,11,16-17,30H2,1-4H3,(H,31,32,33,34). The van der Waals surface area contributed by atoms with E-state index in [1.165, 1.54) is 0 Å². The van der Waals surface area contributed by atoms with Crippen LogP contribution in [0.1, 0.15) is 52.5 Å². The van der Waals surface area contributed by atoms with Crippen molar-refractivity contribution < 1.29 is 14.3 Å². The van der Waals surface area contributed by atoms with E-state index in [4.69, 9.17) is 10.5 Å². The maximum Gasteiger partial charge on any atom is 0.290 e. The molecule has 1 aliphatic heterocycles. The lowest BCUT2D eigenvalue weighted by Gasteiger charge is -2.39. The van der Waals surface area contributed by atoms with Crippen LogP contribution >= 0.6 is 0 Å². The molecule has 0 spiro atoms. The highest BCUT2D eigenvalue weighted by atomic mass is 16.5. The molecule has 1 unspecified atom stereocenters. The summed E-state index contributed by atoms with van der Waals surface area (Å²) in [6.45, 7) is 8.03. The fourth-order valence-electron chi connectivity index (χ4n) is 4.70. The molecule has 0 fully saturated rings. The Hall–Kier alpha value is -4.07.